The topological polar surface area (TPSA) is 91.4 Å². The van der Waals surface area contributed by atoms with Crippen molar-refractivity contribution in [3.63, 3.8) is 0 Å². The average molecular weight is 403 g/mol. The van der Waals surface area contributed by atoms with E-state index in [1.165, 1.54) is 12.1 Å². The summed E-state index contributed by atoms with van der Waals surface area (Å²) in [6, 6.07) is 9.60. The van der Waals surface area contributed by atoms with Crippen LogP contribution in [0.3, 0.4) is 0 Å². The SMILES string of the molecule is CC1(C)CCCCN1S(=O)(=O)c1ccc(NC(=O)NCc2cccnc2)cc1. The number of carbonyl (C=O) groups excluding carboxylic acids is 1. The summed E-state index contributed by atoms with van der Waals surface area (Å²) < 4.78 is 27.6. The summed E-state index contributed by atoms with van der Waals surface area (Å²) in [5, 5.41) is 5.45. The van der Waals surface area contributed by atoms with Crippen molar-refractivity contribution in [2.45, 2.75) is 50.1 Å². The molecule has 150 valence electrons. The lowest BCUT2D eigenvalue weighted by molar-refractivity contribution is 0.170. The van der Waals surface area contributed by atoms with Gasteiger partial charge >= 0.3 is 6.03 Å². The molecule has 2 N–H and O–H groups in total. The van der Waals surface area contributed by atoms with Gasteiger partial charge in [-0.1, -0.05) is 12.5 Å². The van der Waals surface area contributed by atoms with Crippen LogP contribution in [0.2, 0.25) is 0 Å². The predicted octanol–water partition coefficient (Wildman–Crippen LogP) is 3.36. The molecule has 0 aliphatic carbocycles. The summed E-state index contributed by atoms with van der Waals surface area (Å²) in [6.45, 7) is 4.82. The highest BCUT2D eigenvalue weighted by molar-refractivity contribution is 7.89. The fourth-order valence-corrected chi connectivity index (χ4v) is 5.23. The van der Waals surface area contributed by atoms with Gasteiger partial charge in [-0.2, -0.15) is 4.31 Å². The molecule has 1 fully saturated rings. The monoisotopic (exact) mass is 402 g/mol. The largest absolute Gasteiger partial charge is 0.334 e. The summed E-state index contributed by atoms with van der Waals surface area (Å²) in [7, 11) is -3.56. The van der Waals surface area contributed by atoms with Crippen LogP contribution in [-0.2, 0) is 16.6 Å². The van der Waals surface area contributed by atoms with Crippen molar-refractivity contribution in [2.24, 2.45) is 0 Å². The van der Waals surface area contributed by atoms with Crippen molar-refractivity contribution < 1.29 is 13.2 Å². The number of anilines is 1. The third kappa shape index (κ3) is 4.69. The Labute approximate surface area is 166 Å². The minimum Gasteiger partial charge on any atom is -0.334 e. The predicted molar refractivity (Wildman–Crippen MR) is 108 cm³/mol. The molecule has 1 saturated heterocycles. The zero-order valence-corrected chi connectivity index (χ0v) is 17.0. The van der Waals surface area contributed by atoms with Crippen molar-refractivity contribution in [1.82, 2.24) is 14.6 Å². The highest BCUT2D eigenvalue weighted by atomic mass is 32.2. The van der Waals surface area contributed by atoms with Gasteiger partial charge in [0.15, 0.2) is 0 Å². The molecule has 7 nitrogen and oxygen atoms in total. The molecule has 0 spiro atoms. The molecule has 2 amide bonds. The molecule has 2 heterocycles. The van der Waals surface area contributed by atoms with Gasteiger partial charge < -0.3 is 10.6 Å². The van der Waals surface area contributed by atoms with Crippen LogP contribution in [0.4, 0.5) is 10.5 Å². The summed E-state index contributed by atoms with van der Waals surface area (Å²) in [6.07, 6.45) is 6.12. The summed E-state index contributed by atoms with van der Waals surface area (Å²) in [4.78, 5) is 16.3. The van der Waals surface area contributed by atoms with Gasteiger partial charge in [0.1, 0.15) is 0 Å². The van der Waals surface area contributed by atoms with Crippen LogP contribution < -0.4 is 10.6 Å². The zero-order valence-electron chi connectivity index (χ0n) is 16.2. The number of nitrogens with one attached hydrogen (secondary N) is 2. The maximum absolute atomic E-state index is 13.0. The highest BCUT2D eigenvalue weighted by Gasteiger charge is 2.38. The molecular formula is C20H26N4O3S. The Morgan fingerprint density at radius 3 is 2.57 bits per heavy atom. The van der Waals surface area contributed by atoms with Gasteiger partial charge in [0.2, 0.25) is 10.0 Å². The van der Waals surface area contributed by atoms with Gasteiger partial charge in [0.25, 0.3) is 0 Å². The zero-order chi connectivity index (χ0) is 20.2. The number of benzene rings is 1. The summed E-state index contributed by atoms with van der Waals surface area (Å²) in [5.41, 5.74) is 1.03. The first-order chi connectivity index (χ1) is 13.3. The highest BCUT2D eigenvalue weighted by Crippen LogP contribution is 2.33. The number of urea groups is 1. The van der Waals surface area contributed by atoms with Crippen molar-refractivity contribution in [2.75, 3.05) is 11.9 Å². The maximum atomic E-state index is 13.0. The van der Waals surface area contributed by atoms with Crippen molar-refractivity contribution in [1.29, 1.82) is 0 Å². The molecule has 3 rings (SSSR count). The van der Waals surface area contributed by atoms with E-state index in [9.17, 15) is 13.2 Å². The Morgan fingerprint density at radius 2 is 1.93 bits per heavy atom. The molecule has 0 unspecified atom stereocenters. The fourth-order valence-electron chi connectivity index (χ4n) is 3.38. The number of rotatable bonds is 5. The Balaban J connectivity index is 1.63. The molecule has 1 aromatic carbocycles. The molecule has 8 heteroatoms. The smallest absolute Gasteiger partial charge is 0.319 e. The molecule has 1 aliphatic heterocycles. The van der Waals surface area contributed by atoms with E-state index in [2.05, 4.69) is 15.6 Å². The van der Waals surface area contributed by atoms with E-state index in [0.717, 1.165) is 24.8 Å². The van der Waals surface area contributed by atoms with Crippen LogP contribution in [-0.4, -0.2) is 35.8 Å². The number of piperidine rings is 1. The van der Waals surface area contributed by atoms with Gasteiger partial charge in [-0.15, -0.1) is 0 Å². The molecule has 0 atom stereocenters. The quantitative estimate of drug-likeness (QED) is 0.802. The van der Waals surface area contributed by atoms with Gasteiger partial charge in [-0.25, -0.2) is 13.2 Å². The van der Waals surface area contributed by atoms with Gasteiger partial charge in [-0.3, -0.25) is 4.98 Å². The first-order valence-electron chi connectivity index (χ1n) is 9.36. The molecule has 1 aliphatic rings. The first kappa shape index (κ1) is 20.3. The molecule has 0 bridgehead atoms. The summed E-state index contributed by atoms with van der Waals surface area (Å²) >= 11 is 0. The second kappa shape index (κ2) is 8.28. The van der Waals surface area contributed by atoms with Crippen LogP contribution in [0.1, 0.15) is 38.7 Å². The van der Waals surface area contributed by atoms with E-state index >= 15 is 0 Å². The number of hydrogen-bond acceptors (Lipinski definition) is 4. The minimum atomic E-state index is -3.56. The number of nitrogens with zero attached hydrogens (tertiary/aromatic N) is 2. The lowest BCUT2D eigenvalue weighted by Crippen LogP contribution is -2.50. The Bertz CT molecular complexity index is 912. The van der Waals surface area contributed by atoms with Crippen LogP contribution in [0.25, 0.3) is 0 Å². The Kier molecular flexibility index (Phi) is 6.00. The first-order valence-corrected chi connectivity index (χ1v) is 10.8. The van der Waals surface area contributed by atoms with Crippen LogP contribution in [0, 0.1) is 0 Å². The number of carbonyl (C=O) groups is 1. The normalized spacial score (nSPS) is 17.1. The third-order valence-corrected chi connectivity index (χ3v) is 7.08. The van der Waals surface area contributed by atoms with Gasteiger partial charge in [-0.05, 0) is 62.6 Å². The number of pyridine rings is 1. The molecule has 1 aromatic heterocycles. The third-order valence-electron chi connectivity index (χ3n) is 4.95. The van der Waals surface area contributed by atoms with Crippen molar-refractivity contribution >= 4 is 21.7 Å². The van der Waals surface area contributed by atoms with Crippen molar-refractivity contribution in [3.8, 4) is 0 Å². The van der Waals surface area contributed by atoms with E-state index in [1.807, 2.05) is 19.9 Å². The second-order valence-corrected chi connectivity index (χ2v) is 9.40. The van der Waals surface area contributed by atoms with E-state index in [-0.39, 0.29) is 16.5 Å². The van der Waals surface area contributed by atoms with E-state index in [1.54, 1.807) is 34.9 Å². The van der Waals surface area contributed by atoms with Gasteiger partial charge in [0.05, 0.1) is 4.90 Å². The number of aromatic nitrogens is 1. The van der Waals surface area contributed by atoms with Crippen molar-refractivity contribution in [3.05, 3.63) is 54.4 Å². The fraction of sp³-hybridized carbons (Fsp3) is 0.400. The van der Waals surface area contributed by atoms with Gasteiger partial charge in [0, 0.05) is 36.7 Å². The average Bonchev–Trinajstić information content (AvgIpc) is 2.67. The van der Waals surface area contributed by atoms with Crippen LogP contribution in [0.15, 0.2) is 53.7 Å². The Hall–Kier alpha value is -2.45. The molecular weight excluding hydrogens is 376 g/mol. The second-order valence-electron chi connectivity index (χ2n) is 7.54. The van der Waals surface area contributed by atoms with Crippen LogP contribution in [0.5, 0.6) is 0 Å². The van der Waals surface area contributed by atoms with E-state index in [4.69, 9.17) is 0 Å². The lowest BCUT2D eigenvalue weighted by atomic mass is 9.93. The Morgan fingerprint density at radius 1 is 1.18 bits per heavy atom. The molecule has 28 heavy (non-hydrogen) atoms. The molecule has 0 saturated carbocycles. The number of sulfonamides is 1. The number of amides is 2. The minimum absolute atomic E-state index is 0.240. The van der Waals surface area contributed by atoms with E-state index in [0.29, 0.717) is 18.8 Å². The maximum Gasteiger partial charge on any atom is 0.319 e. The van der Waals surface area contributed by atoms with E-state index < -0.39 is 10.0 Å². The summed E-state index contributed by atoms with van der Waals surface area (Å²) in [5.74, 6) is 0. The molecule has 0 radical (unpaired) electrons. The lowest BCUT2D eigenvalue weighted by Gasteiger charge is -2.41. The molecule has 2 aromatic rings. The number of hydrogen-bond donors (Lipinski definition) is 2. The van der Waals surface area contributed by atoms with Crippen LogP contribution >= 0.6 is 0 Å². The standard InChI is InChI=1S/C20H26N4O3S/c1-20(2)11-3-4-13-24(20)28(26,27)18-9-7-17(8-10-18)23-19(25)22-15-16-6-5-12-21-14-16/h5-10,12,14H,3-4,11,13,15H2,1-2H3,(H2,22,23,25).